The summed E-state index contributed by atoms with van der Waals surface area (Å²) in [5.41, 5.74) is -2.17. The van der Waals surface area contributed by atoms with Gasteiger partial charge in [0, 0.05) is 17.9 Å². The monoisotopic (exact) mass is 654 g/mol. The molecule has 0 radical (unpaired) electrons. The number of likely N-dealkylation sites (N-methyl/N-ethyl adjacent to an activating group) is 1. The fraction of sp³-hybridized carbons (Fsp3) is 0.724. The van der Waals surface area contributed by atoms with Gasteiger partial charge in [0.1, 0.15) is 17.2 Å². The molecule has 2 amide bonds. The topological polar surface area (TPSA) is 102 Å². The van der Waals surface area contributed by atoms with Gasteiger partial charge in [-0.3, -0.25) is 9.59 Å². The Morgan fingerprint density at radius 3 is 1.39 bits per heavy atom. The van der Waals surface area contributed by atoms with E-state index in [0.29, 0.717) is 0 Å². The van der Waals surface area contributed by atoms with E-state index in [9.17, 15) is 19.2 Å². The number of alkyl carbamates (subject to hydrolysis) is 1. The minimum absolute atomic E-state index is 0. The number of carbonyl (C=O) groups is 4. The number of amides is 2. The van der Waals surface area contributed by atoms with Crippen molar-refractivity contribution in [3.63, 3.8) is 0 Å². The van der Waals surface area contributed by atoms with E-state index in [1.807, 2.05) is 32.6 Å². The number of halogens is 1. The molecule has 0 aliphatic heterocycles. The molecular formula is C29H55IN2O6. The second-order valence-electron chi connectivity index (χ2n) is 11.8. The van der Waals surface area contributed by atoms with Crippen LogP contribution in [0.25, 0.3) is 0 Å². The molecule has 0 aliphatic rings. The van der Waals surface area contributed by atoms with Gasteiger partial charge in [0.15, 0.2) is 11.6 Å². The van der Waals surface area contributed by atoms with Crippen molar-refractivity contribution in [1.29, 1.82) is 0 Å². The third-order valence-corrected chi connectivity index (χ3v) is 5.02. The highest BCUT2D eigenvalue weighted by molar-refractivity contribution is 14.1. The third-order valence-electron chi connectivity index (χ3n) is 5.02. The fourth-order valence-electron chi connectivity index (χ4n) is 3.20. The zero-order valence-corrected chi connectivity index (χ0v) is 27.7. The minimum atomic E-state index is -0.630. The van der Waals surface area contributed by atoms with E-state index in [2.05, 4.69) is 41.1 Å². The highest BCUT2D eigenvalue weighted by Crippen LogP contribution is 2.27. The Morgan fingerprint density at radius 1 is 0.763 bits per heavy atom. The van der Waals surface area contributed by atoms with Crippen LogP contribution in [0, 0.1) is 10.8 Å². The van der Waals surface area contributed by atoms with Crippen LogP contribution in [0.3, 0.4) is 0 Å². The predicted molar refractivity (Wildman–Crippen MR) is 167 cm³/mol. The largest absolute Gasteiger partial charge is 0.444 e. The van der Waals surface area contributed by atoms with Crippen molar-refractivity contribution in [2.75, 3.05) is 12.0 Å². The summed E-state index contributed by atoms with van der Waals surface area (Å²) in [6, 6.07) is -1.21. The predicted octanol–water partition coefficient (Wildman–Crippen LogP) is 7.39. The van der Waals surface area contributed by atoms with Crippen LogP contribution < -0.4 is 5.32 Å². The number of hydrogen-bond acceptors (Lipinski definition) is 6. The van der Waals surface area contributed by atoms with Gasteiger partial charge in [-0.2, -0.15) is 0 Å². The Balaban J connectivity index is -0.000000279. The van der Waals surface area contributed by atoms with Crippen LogP contribution in [0.2, 0.25) is 0 Å². The average Bonchev–Trinajstić information content (AvgIpc) is 2.70. The van der Waals surface area contributed by atoms with Crippen LogP contribution in [-0.2, 0) is 19.1 Å². The Kier molecular flexibility index (Phi) is 20.0. The van der Waals surface area contributed by atoms with Crippen molar-refractivity contribution in [3.8, 4) is 0 Å². The highest BCUT2D eigenvalue weighted by atomic mass is 127. The summed E-state index contributed by atoms with van der Waals surface area (Å²) in [6.45, 7) is 28.4. The van der Waals surface area contributed by atoms with Gasteiger partial charge in [-0.15, -0.1) is 13.2 Å². The van der Waals surface area contributed by atoms with Gasteiger partial charge in [-0.05, 0) is 60.3 Å². The van der Waals surface area contributed by atoms with E-state index in [1.54, 1.807) is 60.7 Å². The van der Waals surface area contributed by atoms with Crippen molar-refractivity contribution in [2.24, 2.45) is 10.8 Å². The maximum absolute atomic E-state index is 12.0. The summed E-state index contributed by atoms with van der Waals surface area (Å²) < 4.78 is 10.4. The molecule has 0 rings (SSSR count). The second kappa shape index (κ2) is 17.6. The van der Waals surface area contributed by atoms with Crippen LogP contribution in [0.4, 0.5) is 9.59 Å². The van der Waals surface area contributed by atoms with Gasteiger partial charge in [-0.1, -0.05) is 69.9 Å². The number of alkyl halides is 1. The van der Waals surface area contributed by atoms with Crippen LogP contribution in [0.5, 0.6) is 0 Å². The van der Waals surface area contributed by atoms with Crippen molar-refractivity contribution in [1.82, 2.24) is 10.2 Å². The van der Waals surface area contributed by atoms with Crippen molar-refractivity contribution in [3.05, 3.63) is 25.3 Å². The Labute approximate surface area is 246 Å². The smallest absolute Gasteiger partial charge is 0.410 e. The van der Waals surface area contributed by atoms with E-state index in [4.69, 9.17) is 9.47 Å². The van der Waals surface area contributed by atoms with Crippen molar-refractivity contribution >= 4 is 46.3 Å². The minimum Gasteiger partial charge on any atom is -0.444 e. The lowest BCUT2D eigenvalue weighted by atomic mass is 9.82. The van der Waals surface area contributed by atoms with Crippen LogP contribution in [0.15, 0.2) is 25.3 Å². The third kappa shape index (κ3) is 17.6. The molecule has 0 bridgehead atoms. The van der Waals surface area contributed by atoms with E-state index in [1.165, 1.54) is 18.7 Å². The van der Waals surface area contributed by atoms with Crippen LogP contribution >= 0.6 is 22.6 Å². The lowest BCUT2D eigenvalue weighted by molar-refractivity contribution is -0.124. The average molecular weight is 655 g/mol. The SMILES string of the molecule is C.C=CC(C)(C)[C@@H](C(C)=O)N(C)C(=O)OC(C)(C)C.C=CC(C)(C)[C@H](NC(=O)OC(C)(C)C)C(C)=O.CI. The quantitative estimate of drug-likeness (QED) is 0.166. The summed E-state index contributed by atoms with van der Waals surface area (Å²) in [4.78, 5) is 50.2. The molecule has 0 aromatic heterocycles. The fourth-order valence-corrected chi connectivity index (χ4v) is 3.20. The molecule has 38 heavy (non-hydrogen) atoms. The summed E-state index contributed by atoms with van der Waals surface area (Å²) in [6.07, 6.45) is 2.24. The molecule has 8 nitrogen and oxygen atoms in total. The molecule has 0 aromatic carbocycles. The van der Waals surface area contributed by atoms with E-state index < -0.39 is 46.3 Å². The summed E-state index contributed by atoms with van der Waals surface area (Å²) >= 11 is 2.15. The number of rotatable bonds is 8. The molecule has 224 valence electrons. The zero-order valence-electron chi connectivity index (χ0n) is 25.5. The number of hydrogen-bond donors (Lipinski definition) is 1. The molecule has 0 fully saturated rings. The molecule has 0 spiro atoms. The molecule has 0 heterocycles. The number of ether oxygens (including phenoxy) is 2. The lowest BCUT2D eigenvalue weighted by Gasteiger charge is -2.37. The molecule has 9 heteroatoms. The van der Waals surface area contributed by atoms with Crippen molar-refractivity contribution in [2.45, 2.75) is 114 Å². The van der Waals surface area contributed by atoms with E-state index in [-0.39, 0.29) is 19.0 Å². The van der Waals surface area contributed by atoms with E-state index in [0.717, 1.165) is 0 Å². The maximum Gasteiger partial charge on any atom is 0.410 e. The van der Waals surface area contributed by atoms with Gasteiger partial charge in [-0.25, -0.2) is 9.59 Å². The standard InChI is InChI=1S/C14H25NO3.C13H23NO3.CH3I.CH4/c1-9-14(6,7)11(10(2)16)15(8)12(17)18-13(3,4)5;1-8-13(6,7)10(9(2)15)14-11(16)17-12(3,4)5;1-2;/h9,11H,1H2,2-8H3;8,10H,1H2,2-7H3,(H,14,16);1H3;1H4/t11-;10-;;/m11../s1. The number of nitrogens with one attached hydrogen (secondary N) is 1. The summed E-state index contributed by atoms with van der Waals surface area (Å²) in [7, 11) is 1.57. The van der Waals surface area contributed by atoms with Gasteiger partial charge in [0.05, 0.1) is 6.04 Å². The molecule has 0 aromatic rings. The zero-order chi connectivity index (χ0) is 30.6. The molecule has 2 atom stereocenters. The van der Waals surface area contributed by atoms with Crippen LogP contribution in [0.1, 0.15) is 90.5 Å². The molecule has 0 saturated heterocycles. The van der Waals surface area contributed by atoms with Gasteiger partial charge in [0.2, 0.25) is 0 Å². The summed E-state index contributed by atoms with van der Waals surface area (Å²) in [5, 5.41) is 2.58. The number of carbonyl (C=O) groups excluding carboxylic acids is 4. The molecular weight excluding hydrogens is 599 g/mol. The Hall–Kier alpha value is -1.91. The van der Waals surface area contributed by atoms with Gasteiger partial charge >= 0.3 is 12.2 Å². The maximum atomic E-state index is 12.0. The van der Waals surface area contributed by atoms with Crippen molar-refractivity contribution < 1.29 is 28.7 Å². The first-order valence-electron chi connectivity index (χ1n) is 12.0. The number of nitrogens with zero attached hydrogens (tertiary/aromatic N) is 1. The van der Waals surface area contributed by atoms with E-state index >= 15 is 0 Å². The van der Waals surface area contributed by atoms with Gasteiger partial charge < -0.3 is 19.7 Å². The first kappa shape index (κ1) is 43.2. The first-order chi connectivity index (χ1) is 16.4. The Bertz CT molecular complexity index is 792. The number of ketones is 2. The molecule has 0 unspecified atom stereocenters. The molecule has 0 saturated carbocycles. The number of Topliss-reactive ketones (excluding diaryl/α,β-unsaturated/α-hetero) is 2. The molecule has 0 aliphatic carbocycles. The normalized spacial score (nSPS) is 12.8. The Morgan fingerprint density at radius 2 is 1.13 bits per heavy atom. The van der Waals surface area contributed by atoms with Gasteiger partial charge in [0.25, 0.3) is 0 Å². The molecule has 1 N–H and O–H groups in total. The first-order valence-corrected chi connectivity index (χ1v) is 14.2. The summed E-state index contributed by atoms with van der Waals surface area (Å²) in [5.74, 6) is -0.214. The highest BCUT2D eigenvalue weighted by Gasteiger charge is 2.38. The van der Waals surface area contributed by atoms with Crippen LogP contribution in [-0.4, -0.2) is 63.9 Å². The second-order valence-corrected chi connectivity index (χ2v) is 11.8. The lowest BCUT2D eigenvalue weighted by Crippen LogP contribution is -2.51.